The first-order valence-electron chi connectivity index (χ1n) is 10.5. The van der Waals surface area contributed by atoms with Crippen LogP contribution in [0, 0.1) is 6.92 Å². The van der Waals surface area contributed by atoms with Crippen LogP contribution in [0.4, 0.5) is 0 Å². The Morgan fingerprint density at radius 3 is 2.74 bits per heavy atom. The summed E-state index contributed by atoms with van der Waals surface area (Å²) in [6.45, 7) is 3.06. The van der Waals surface area contributed by atoms with Crippen molar-refractivity contribution in [2.24, 2.45) is 0 Å². The molecule has 1 aliphatic heterocycles. The highest BCUT2D eigenvalue weighted by Crippen LogP contribution is 2.34. The van der Waals surface area contributed by atoms with Gasteiger partial charge in [0.2, 0.25) is 5.91 Å². The van der Waals surface area contributed by atoms with Crippen molar-refractivity contribution < 1.29 is 18.4 Å². The smallest absolute Gasteiger partial charge is 0.340 e. The number of hydrogen-bond acceptors (Lipinski definition) is 5. The molecule has 3 heterocycles. The van der Waals surface area contributed by atoms with Crippen molar-refractivity contribution in [3.63, 3.8) is 0 Å². The number of carbonyl (C=O) groups is 1. The van der Waals surface area contributed by atoms with Crippen LogP contribution in [0.25, 0.3) is 33.1 Å². The molecular weight excluding hydrogens is 394 g/mol. The van der Waals surface area contributed by atoms with Crippen LogP contribution in [-0.4, -0.2) is 25.2 Å². The molecule has 2 aromatic heterocycles. The summed E-state index contributed by atoms with van der Waals surface area (Å²) in [5.74, 6) is -0.209. The number of ether oxygens (including phenoxy) is 1. The number of carbonyl (C=O) groups excluding carboxylic acids is 1. The standard InChI is InChI=1S/C25H23NO5/c1-15-18-10-20-21(16-6-3-2-4-7-16)14-30-22(20)12-23(18)31-25(28)19(15)11-24(27)26-13-17-8-5-9-29-17/h2-4,6-7,10,12,14,17H,5,8-9,11,13H2,1H3,(H,26,27). The lowest BCUT2D eigenvalue weighted by Gasteiger charge is -2.12. The molecule has 0 saturated carbocycles. The molecule has 1 N–H and O–H groups in total. The lowest BCUT2D eigenvalue weighted by atomic mass is 9.99. The van der Waals surface area contributed by atoms with Gasteiger partial charge in [0.05, 0.1) is 24.4 Å². The molecule has 1 aliphatic rings. The summed E-state index contributed by atoms with van der Waals surface area (Å²) in [7, 11) is 0. The van der Waals surface area contributed by atoms with Gasteiger partial charge in [-0.15, -0.1) is 0 Å². The molecule has 0 spiro atoms. The zero-order valence-corrected chi connectivity index (χ0v) is 17.3. The molecular formula is C25H23NO5. The van der Waals surface area contributed by atoms with Gasteiger partial charge in [-0.1, -0.05) is 30.3 Å². The van der Waals surface area contributed by atoms with E-state index in [9.17, 15) is 9.59 Å². The van der Waals surface area contributed by atoms with Gasteiger partial charge in [-0.3, -0.25) is 4.79 Å². The second-order valence-electron chi connectivity index (χ2n) is 7.97. The van der Waals surface area contributed by atoms with Gasteiger partial charge < -0.3 is 18.9 Å². The zero-order valence-electron chi connectivity index (χ0n) is 17.3. The maximum absolute atomic E-state index is 12.6. The summed E-state index contributed by atoms with van der Waals surface area (Å²) < 4.78 is 16.8. The largest absolute Gasteiger partial charge is 0.464 e. The molecule has 0 bridgehead atoms. The van der Waals surface area contributed by atoms with Gasteiger partial charge in [0.15, 0.2) is 0 Å². The number of benzene rings is 2. The highest BCUT2D eigenvalue weighted by molar-refractivity contribution is 6.02. The van der Waals surface area contributed by atoms with Crippen LogP contribution in [0.5, 0.6) is 0 Å². The Morgan fingerprint density at radius 1 is 1.13 bits per heavy atom. The summed E-state index contributed by atoms with van der Waals surface area (Å²) in [4.78, 5) is 25.1. The Morgan fingerprint density at radius 2 is 1.97 bits per heavy atom. The van der Waals surface area contributed by atoms with Crippen LogP contribution in [0.3, 0.4) is 0 Å². The van der Waals surface area contributed by atoms with E-state index < -0.39 is 5.63 Å². The molecule has 1 unspecified atom stereocenters. The third-order valence-electron chi connectivity index (χ3n) is 5.95. The second-order valence-corrected chi connectivity index (χ2v) is 7.97. The first-order valence-corrected chi connectivity index (χ1v) is 10.5. The summed E-state index contributed by atoms with van der Waals surface area (Å²) in [5.41, 5.74) is 3.75. The van der Waals surface area contributed by atoms with E-state index in [1.54, 1.807) is 12.3 Å². The van der Waals surface area contributed by atoms with Gasteiger partial charge >= 0.3 is 5.63 Å². The van der Waals surface area contributed by atoms with Crippen molar-refractivity contribution in [2.45, 2.75) is 32.3 Å². The fraction of sp³-hybridized carbons (Fsp3) is 0.280. The van der Waals surface area contributed by atoms with Crippen molar-refractivity contribution in [2.75, 3.05) is 13.2 Å². The third kappa shape index (κ3) is 3.75. The summed E-state index contributed by atoms with van der Waals surface area (Å²) in [5, 5.41) is 4.61. The summed E-state index contributed by atoms with van der Waals surface area (Å²) in [6.07, 6.45) is 3.71. The Kier molecular flexibility index (Phi) is 5.08. The molecule has 6 nitrogen and oxygen atoms in total. The van der Waals surface area contributed by atoms with Crippen LogP contribution >= 0.6 is 0 Å². The number of furan rings is 1. The number of rotatable bonds is 5. The second kappa shape index (κ2) is 8.04. The highest BCUT2D eigenvalue weighted by atomic mass is 16.5. The minimum absolute atomic E-state index is 0.0220. The Hall–Kier alpha value is -3.38. The van der Waals surface area contributed by atoms with Crippen LogP contribution in [0.15, 0.2) is 62.4 Å². The first kappa shape index (κ1) is 19.6. The van der Waals surface area contributed by atoms with Crippen molar-refractivity contribution in [3.05, 3.63) is 70.3 Å². The maximum atomic E-state index is 12.6. The van der Waals surface area contributed by atoms with Crippen molar-refractivity contribution in [1.82, 2.24) is 5.32 Å². The van der Waals surface area contributed by atoms with Crippen molar-refractivity contribution in [3.8, 4) is 11.1 Å². The fourth-order valence-electron chi connectivity index (χ4n) is 4.21. The van der Waals surface area contributed by atoms with E-state index in [2.05, 4.69) is 5.32 Å². The Labute approximate surface area is 178 Å². The quantitative estimate of drug-likeness (QED) is 0.488. The van der Waals surface area contributed by atoms with Gasteiger partial charge in [-0.25, -0.2) is 4.79 Å². The van der Waals surface area contributed by atoms with Gasteiger partial charge in [0.25, 0.3) is 0 Å². The highest BCUT2D eigenvalue weighted by Gasteiger charge is 2.20. The minimum atomic E-state index is -0.494. The molecule has 6 heteroatoms. The predicted molar refractivity (Wildman–Crippen MR) is 118 cm³/mol. The SMILES string of the molecule is Cc1c(CC(=O)NCC2CCCO2)c(=O)oc2cc3occ(-c4ccccc4)c3cc12. The molecule has 0 aliphatic carbocycles. The normalized spacial score (nSPS) is 16.2. The topological polar surface area (TPSA) is 81.7 Å². The van der Waals surface area contributed by atoms with Crippen LogP contribution in [-0.2, 0) is 16.0 Å². The van der Waals surface area contributed by atoms with Gasteiger partial charge in [-0.05, 0) is 37.0 Å². The van der Waals surface area contributed by atoms with Gasteiger partial charge in [0, 0.05) is 35.6 Å². The lowest BCUT2D eigenvalue weighted by Crippen LogP contribution is -2.34. The zero-order chi connectivity index (χ0) is 21.4. The predicted octanol–water partition coefficient (Wildman–Crippen LogP) is 4.35. The van der Waals surface area contributed by atoms with E-state index >= 15 is 0 Å². The molecule has 1 amide bonds. The van der Waals surface area contributed by atoms with Gasteiger partial charge in [0.1, 0.15) is 11.2 Å². The van der Waals surface area contributed by atoms with E-state index in [-0.39, 0.29) is 18.4 Å². The van der Waals surface area contributed by atoms with Crippen LogP contribution in [0.2, 0.25) is 0 Å². The monoisotopic (exact) mass is 417 g/mol. The van der Waals surface area contributed by atoms with Gasteiger partial charge in [-0.2, -0.15) is 0 Å². The molecule has 0 radical (unpaired) electrons. The molecule has 2 aromatic carbocycles. The lowest BCUT2D eigenvalue weighted by molar-refractivity contribution is -0.121. The number of fused-ring (bicyclic) bond motifs is 2. The number of nitrogens with one attached hydrogen (secondary N) is 1. The Bertz CT molecular complexity index is 1310. The average molecular weight is 417 g/mol. The summed E-state index contributed by atoms with van der Waals surface area (Å²) in [6, 6.07) is 13.7. The minimum Gasteiger partial charge on any atom is -0.464 e. The molecule has 5 rings (SSSR count). The summed E-state index contributed by atoms with van der Waals surface area (Å²) >= 11 is 0. The van der Waals surface area contributed by atoms with E-state index in [1.807, 2.05) is 43.3 Å². The number of aryl methyl sites for hydroxylation is 1. The molecule has 158 valence electrons. The molecule has 31 heavy (non-hydrogen) atoms. The average Bonchev–Trinajstić information content (AvgIpc) is 3.44. The third-order valence-corrected chi connectivity index (χ3v) is 5.95. The van der Waals surface area contributed by atoms with Crippen molar-refractivity contribution >= 4 is 27.8 Å². The van der Waals surface area contributed by atoms with E-state index in [4.69, 9.17) is 13.6 Å². The molecule has 1 fully saturated rings. The van der Waals surface area contributed by atoms with E-state index in [1.165, 1.54) is 0 Å². The molecule has 1 atom stereocenters. The van der Waals surface area contributed by atoms with Crippen molar-refractivity contribution in [1.29, 1.82) is 0 Å². The van der Waals surface area contributed by atoms with Crippen LogP contribution < -0.4 is 10.9 Å². The number of hydrogen-bond donors (Lipinski definition) is 1. The Balaban J connectivity index is 1.50. The first-order chi connectivity index (χ1) is 15.1. The maximum Gasteiger partial charge on any atom is 0.340 e. The van der Waals surface area contributed by atoms with Crippen LogP contribution in [0.1, 0.15) is 24.0 Å². The number of amides is 1. The van der Waals surface area contributed by atoms with E-state index in [0.717, 1.165) is 46.9 Å². The van der Waals surface area contributed by atoms with E-state index in [0.29, 0.717) is 23.3 Å². The fourth-order valence-corrected chi connectivity index (χ4v) is 4.21. The molecule has 1 saturated heterocycles. The molecule has 4 aromatic rings.